The monoisotopic (exact) mass is 424 g/mol. The number of halogens is 2. The molecule has 2 aromatic rings. The van der Waals surface area contributed by atoms with Crippen molar-refractivity contribution in [1.82, 2.24) is 9.62 Å². The van der Waals surface area contributed by atoms with E-state index in [1.54, 1.807) is 6.92 Å². The highest BCUT2D eigenvalue weighted by Crippen LogP contribution is 2.27. The SMILES string of the molecule is Cc1cc(F)ccc1-c1ccc(C(=O)NCCS(=O)(=O)N2CCOCC2)cc1F. The van der Waals surface area contributed by atoms with E-state index in [-0.39, 0.29) is 23.4 Å². The highest BCUT2D eigenvalue weighted by molar-refractivity contribution is 7.89. The van der Waals surface area contributed by atoms with Gasteiger partial charge >= 0.3 is 0 Å². The molecule has 1 heterocycles. The lowest BCUT2D eigenvalue weighted by Gasteiger charge is -2.26. The van der Waals surface area contributed by atoms with Gasteiger partial charge in [-0.1, -0.05) is 12.1 Å². The molecule has 0 unspecified atom stereocenters. The summed E-state index contributed by atoms with van der Waals surface area (Å²) in [6.45, 7) is 2.89. The number of nitrogens with zero attached hydrogens (tertiary/aromatic N) is 1. The second-order valence-corrected chi connectivity index (χ2v) is 8.83. The minimum Gasteiger partial charge on any atom is -0.379 e. The maximum atomic E-state index is 14.5. The van der Waals surface area contributed by atoms with E-state index in [4.69, 9.17) is 4.74 Å². The van der Waals surface area contributed by atoms with Crippen LogP contribution in [0.1, 0.15) is 15.9 Å². The van der Waals surface area contributed by atoms with Crippen LogP contribution in [0, 0.1) is 18.6 Å². The summed E-state index contributed by atoms with van der Waals surface area (Å²) in [7, 11) is -3.49. The molecule has 29 heavy (non-hydrogen) atoms. The molecule has 9 heteroatoms. The summed E-state index contributed by atoms with van der Waals surface area (Å²) in [5, 5.41) is 2.51. The molecule has 0 bridgehead atoms. The van der Waals surface area contributed by atoms with Gasteiger partial charge in [0.1, 0.15) is 11.6 Å². The van der Waals surface area contributed by atoms with E-state index in [0.717, 1.165) is 6.07 Å². The standard InChI is InChI=1S/C20H22F2N2O4S/c1-14-12-16(21)3-5-17(14)18-4-2-15(13-19(18)22)20(25)23-6-11-29(26,27)24-7-9-28-10-8-24/h2-5,12-13H,6-11H2,1H3,(H,23,25). The van der Waals surface area contributed by atoms with Gasteiger partial charge in [-0.3, -0.25) is 4.79 Å². The van der Waals surface area contributed by atoms with Crippen molar-refractivity contribution < 1.29 is 26.7 Å². The van der Waals surface area contributed by atoms with Crippen LogP contribution < -0.4 is 5.32 Å². The molecule has 1 aliphatic heterocycles. The lowest BCUT2D eigenvalue weighted by molar-refractivity contribution is 0.0730. The Kier molecular flexibility index (Phi) is 6.61. The Morgan fingerprint density at radius 3 is 2.45 bits per heavy atom. The van der Waals surface area contributed by atoms with Crippen molar-refractivity contribution in [2.45, 2.75) is 6.92 Å². The van der Waals surface area contributed by atoms with Crippen molar-refractivity contribution >= 4 is 15.9 Å². The maximum absolute atomic E-state index is 14.5. The second kappa shape index (κ2) is 8.98. The lowest BCUT2D eigenvalue weighted by Crippen LogP contribution is -2.43. The van der Waals surface area contributed by atoms with Crippen LogP contribution in [0.15, 0.2) is 36.4 Å². The number of morpholine rings is 1. The molecule has 0 atom stereocenters. The fourth-order valence-electron chi connectivity index (χ4n) is 3.15. The third-order valence-electron chi connectivity index (χ3n) is 4.72. The van der Waals surface area contributed by atoms with Crippen molar-refractivity contribution in [2.75, 3.05) is 38.6 Å². The summed E-state index contributed by atoms with van der Waals surface area (Å²) in [5.41, 5.74) is 1.45. The zero-order chi connectivity index (χ0) is 21.0. The minimum atomic E-state index is -3.49. The molecule has 0 aromatic heterocycles. The van der Waals surface area contributed by atoms with Crippen LogP contribution >= 0.6 is 0 Å². The maximum Gasteiger partial charge on any atom is 0.251 e. The van der Waals surface area contributed by atoms with Crippen LogP contribution in [-0.4, -0.2) is 57.2 Å². The number of ether oxygens (including phenoxy) is 1. The molecular weight excluding hydrogens is 402 g/mol. The van der Waals surface area contributed by atoms with Gasteiger partial charge in [-0.15, -0.1) is 0 Å². The average molecular weight is 424 g/mol. The van der Waals surface area contributed by atoms with E-state index in [0.29, 0.717) is 37.4 Å². The predicted molar refractivity (Wildman–Crippen MR) is 105 cm³/mol. The third kappa shape index (κ3) is 5.17. The average Bonchev–Trinajstić information content (AvgIpc) is 2.69. The Bertz CT molecular complexity index is 1010. The van der Waals surface area contributed by atoms with Gasteiger partial charge in [0.25, 0.3) is 5.91 Å². The van der Waals surface area contributed by atoms with E-state index in [2.05, 4.69) is 5.32 Å². The van der Waals surface area contributed by atoms with Gasteiger partial charge in [0.2, 0.25) is 10.0 Å². The van der Waals surface area contributed by atoms with Gasteiger partial charge in [0, 0.05) is 30.8 Å². The number of benzene rings is 2. The van der Waals surface area contributed by atoms with Crippen LogP contribution in [0.4, 0.5) is 8.78 Å². The Balaban J connectivity index is 1.63. The van der Waals surface area contributed by atoms with E-state index in [1.807, 2.05) is 0 Å². The number of hydrogen-bond acceptors (Lipinski definition) is 4. The van der Waals surface area contributed by atoms with E-state index < -0.39 is 27.6 Å². The quantitative estimate of drug-likeness (QED) is 0.772. The number of rotatable bonds is 6. The summed E-state index contributed by atoms with van der Waals surface area (Å²) in [6.07, 6.45) is 0. The van der Waals surface area contributed by atoms with E-state index in [1.165, 1.54) is 34.6 Å². The molecule has 6 nitrogen and oxygen atoms in total. The summed E-state index contributed by atoms with van der Waals surface area (Å²) in [6, 6.07) is 8.03. The molecular formula is C20H22F2N2O4S. The first-order valence-electron chi connectivity index (χ1n) is 9.18. The van der Waals surface area contributed by atoms with Crippen molar-refractivity contribution in [1.29, 1.82) is 0 Å². The summed E-state index contributed by atoms with van der Waals surface area (Å²) in [5.74, 6) is -1.83. The van der Waals surface area contributed by atoms with Gasteiger partial charge in [-0.05, 0) is 42.3 Å². The van der Waals surface area contributed by atoms with Crippen molar-refractivity contribution in [2.24, 2.45) is 0 Å². The fraction of sp³-hybridized carbons (Fsp3) is 0.350. The highest BCUT2D eigenvalue weighted by Gasteiger charge is 2.24. The number of nitrogens with one attached hydrogen (secondary N) is 1. The first-order valence-corrected chi connectivity index (χ1v) is 10.8. The van der Waals surface area contributed by atoms with Crippen LogP contribution in [-0.2, 0) is 14.8 Å². The molecule has 2 aromatic carbocycles. The Morgan fingerprint density at radius 1 is 1.10 bits per heavy atom. The molecule has 0 aliphatic carbocycles. The zero-order valence-corrected chi connectivity index (χ0v) is 16.8. The molecule has 1 fully saturated rings. The largest absolute Gasteiger partial charge is 0.379 e. The number of hydrogen-bond donors (Lipinski definition) is 1. The number of carbonyl (C=O) groups excluding carboxylic acids is 1. The van der Waals surface area contributed by atoms with Crippen LogP contribution in [0.2, 0.25) is 0 Å². The van der Waals surface area contributed by atoms with Gasteiger partial charge < -0.3 is 10.1 Å². The molecule has 0 radical (unpaired) electrons. The van der Waals surface area contributed by atoms with Crippen LogP contribution in [0.5, 0.6) is 0 Å². The fourth-order valence-corrected chi connectivity index (χ4v) is 4.48. The molecule has 0 spiro atoms. The van der Waals surface area contributed by atoms with Crippen molar-refractivity contribution in [3.63, 3.8) is 0 Å². The van der Waals surface area contributed by atoms with Gasteiger partial charge in [0.05, 0.1) is 19.0 Å². The van der Waals surface area contributed by atoms with Gasteiger partial charge in [-0.2, -0.15) is 4.31 Å². The van der Waals surface area contributed by atoms with Crippen molar-refractivity contribution in [3.05, 3.63) is 59.2 Å². The van der Waals surface area contributed by atoms with E-state index in [9.17, 15) is 22.0 Å². The van der Waals surface area contributed by atoms with Crippen molar-refractivity contribution in [3.8, 4) is 11.1 Å². The number of sulfonamides is 1. The van der Waals surface area contributed by atoms with Gasteiger partial charge in [-0.25, -0.2) is 17.2 Å². The molecule has 1 saturated heterocycles. The Morgan fingerprint density at radius 2 is 1.79 bits per heavy atom. The first-order chi connectivity index (χ1) is 13.8. The molecule has 1 amide bonds. The molecule has 1 aliphatic rings. The summed E-state index contributed by atoms with van der Waals surface area (Å²) in [4.78, 5) is 12.3. The minimum absolute atomic E-state index is 0.0785. The van der Waals surface area contributed by atoms with Crippen LogP contribution in [0.3, 0.4) is 0 Å². The Hall–Kier alpha value is -2.36. The number of aryl methyl sites for hydroxylation is 1. The molecule has 0 saturated carbocycles. The first kappa shape index (κ1) is 21.4. The second-order valence-electron chi connectivity index (χ2n) is 6.74. The number of carbonyl (C=O) groups is 1. The molecule has 3 rings (SSSR count). The normalized spacial score (nSPS) is 15.3. The smallest absolute Gasteiger partial charge is 0.251 e. The number of amides is 1. The predicted octanol–water partition coefficient (Wildman–Crippen LogP) is 2.33. The molecule has 1 N–H and O–H groups in total. The molecule has 156 valence electrons. The summed E-state index contributed by atoms with van der Waals surface area (Å²) >= 11 is 0. The van der Waals surface area contributed by atoms with Crippen LogP contribution in [0.25, 0.3) is 11.1 Å². The lowest BCUT2D eigenvalue weighted by atomic mass is 9.98. The highest BCUT2D eigenvalue weighted by atomic mass is 32.2. The zero-order valence-electron chi connectivity index (χ0n) is 16.0. The summed E-state index contributed by atoms with van der Waals surface area (Å²) < 4.78 is 58.8. The van der Waals surface area contributed by atoms with E-state index >= 15 is 0 Å². The third-order valence-corrected chi connectivity index (χ3v) is 6.59. The Labute approximate surface area is 168 Å². The topological polar surface area (TPSA) is 75.7 Å². The van der Waals surface area contributed by atoms with Gasteiger partial charge in [0.15, 0.2) is 0 Å².